The van der Waals surface area contributed by atoms with Gasteiger partial charge in [-0.3, -0.25) is 0 Å². The molecule has 25 heavy (non-hydrogen) atoms. The Hall–Kier alpha value is -1.27. The molecule has 136 valence electrons. The van der Waals surface area contributed by atoms with Crippen molar-refractivity contribution in [2.75, 3.05) is 27.2 Å². The van der Waals surface area contributed by atoms with Gasteiger partial charge in [0.2, 0.25) is 0 Å². The molecule has 3 nitrogen and oxygen atoms in total. The number of aliphatic hydroxyl groups is 2. The molecule has 0 aliphatic rings. The molecule has 2 aromatic rings. The lowest BCUT2D eigenvalue weighted by atomic mass is 9.79. The molecule has 1 atom stereocenters. The molecule has 2 N–H and O–H groups in total. The van der Waals surface area contributed by atoms with E-state index in [1.165, 1.54) is 12.1 Å². The molecule has 0 heterocycles. The molecule has 0 aliphatic heterocycles. The zero-order valence-electron chi connectivity index (χ0n) is 14.7. The van der Waals surface area contributed by atoms with Crippen LogP contribution in [0.4, 0.5) is 4.39 Å². The van der Waals surface area contributed by atoms with E-state index in [9.17, 15) is 14.6 Å². The van der Waals surface area contributed by atoms with E-state index in [0.29, 0.717) is 18.4 Å². The normalized spacial score (nSPS) is 13.9. The monoisotopic (exact) mass is 409 g/mol. The molecule has 0 saturated carbocycles. The van der Waals surface area contributed by atoms with E-state index in [4.69, 9.17) is 0 Å². The van der Waals surface area contributed by atoms with Crippen molar-refractivity contribution >= 4 is 15.9 Å². The Morgan fingerprint density at radius 1 is 1.12 bits per heavy atom. The largest absolute Gasteiger partial charge is 0.396 e. The number of rotatable bonds is 8. The molecule has 0 fully saturated rings. The highest BCUT2D eigenvalue weighted by Crippen LogP contribution is 2.37. The topological polar surface area (TPSA) is 43.7 Å². The van der Waals surface area contributed by atoms with Gasteiger partial charge >= 0.3 is 0 Å². The molecule has 0 bridgehead atoms. The van der Waals surface area contributed by atoms with Gasteiger partial charge in [0.15, 0.2) is 0 Å². The first-order valence-electron chi connectivity index (χ1n) is 8.39. The summed E-state index contributed by atoms with van der Waals surface area (Å²) in [6, 6.07) is 11.7. The molecule has 5 heteroatoms. The maximum atomic E-state index is 13.4. The van der Waals surface area contributed by atoms with Crippen molar-refractivity contribution in [3.63, 3.8) is 0 Å². The second-order valence-corrected chi connectivity index (χ2v) is 7.46. The van der Waals surface area contributed by atoms with E-state index in [2.05, 4.69) is 20.8 Å². The van der Waals surface area contributed by atoms with E-state index in [1.807, 2.05) is 32.3 Å². The van der Waals surface area contributed by atoms with Crippen LogP contribution in [0.3, 0.4) is 0 Å². The van der Waals surface area contributed by atoms with Gasteiger partial charge in [-0.25, -0.2) is 4.39 Å². The fraction of sp³-hybridized carbons (Fsp3) is 0.400. The number of hydrogen-bond donors (Lipinski definition) is 2. The van der Waals surface area contributed by atoms with Crippen molar-refractivity contribution in [3.05, 3.63) is 69.4 Å². The van der Waals surface area contributed by atoms with Gasteiger partial charge in [-0.1, -0.05) is 34.1 Å². The van der Waals surface area contributed by atoms with E-state index in [-0.39, 0.29) is 12.4 Å². The smallest absolute Gasteiger partial charge is 0.123 e. The van der Waals surface area contributed by atoms with E-state index in [0.717, 1.165) is 28.6 Å². The predicted molar refractivity (Wildman–Crippen MR) is 102 cm³/mol. The fourth-order valence-corrected chi connectivity index (χ4v) is 3.51. The quantitative estimate of drug-likeness (QED) is 0.698. The van der Waals surface area contributed by atoms with Crippen LogP contribution in [0.1, 0.15) is 29.5 Å². The minimum Gasteiger partial charge on any atom is -0.396 e. The summed E-state index contributed by atoms with van der Waals surface area (Å²) in [5.41, 5.74) is 1.08. The summed E-state index contributed by atoms with van der Waals surface area (Å²) >= 11 is 3.45. The van der Waals surface area contributed by atoms with Crippen LogP contribution in [-0.2, 0) is 12.0 Å². The summed E-state index contributed by atoms with van der Waals surface area (Å²) in [5.74, 6) is -0.328. The molecule has 0 radical (unpaired) electrons. The van der Waals surface area contributed by atoms with Gasteiger partial charge in [0.1, 0.15) is 11.4 Å². The average molecular weight is 410 g/mol. The summed E-state index contributed by atoms with van der Waals surface area (Å²) < 4.78 is 14.3. The number of nitrogens with zero attached hydrogens (tertiary/aromatic N) is 1. The van der Waals surface area contributed by atoms with E-state index in [1.54, 1.807) is 12.1 Å². The van der Waals surface area contributed by atoms with Crippen LogP contribution >= 0.6 is 15.9 Å². The second kappa shape index (κ2) is 8.90. The Bertz CT molecular complexity index is 691. The van der Waals surface area contributed by atoms with Crippen LogP contribution in [0, 0.1) is 5.82 Å². The summed E-state index contributed by atoms with van der Waals surface area (Å²) in [7, 11) is 3.99. The maximum Gasteiger partial charge on any atom is 0.123 e. The molecule has 0 aliphatic carbocycles. The van der Waals surface area contributed by atoms with Crippen LogP contribution in [0.25, 0.3) is 0 Å². The van der Waals surface area contributed by atoms with Gasteiger partial charge in [-0.2, -0.15) is 0 Å². The lowest BCUT2D eigenvalue weighted by Gasteiger charge is -2.32. The van der Waals surface area contributed by atoms with Gasteiger partial charge in [-0.05, 0) is 80.9 Å². The van der Waals surface area contributed by atoms with Crippen LogP contribution in [-0.4, -0.2) is 42.4 Å². The zero-order valence-corrected chi connectivity index (χ0v) is 16.3. The first-order valence-corrected chi connectivity index (χ1v) is 9.19. The number of benzene rings is 2. The Morgan fingerprint density at radius 3 is 2.40 bits per heavy atom. The van der Waals surface area contributed by atoms with Crippen LogP contribution in [0.2, 0.25) is 0 Å². The first kappa shape index (κ1) is 20.0. The molecule has 2 rings (SSSR count). The molecule has 0 saturated heterocycles. The molecule has 0 spiro atoms. The molecule has 0 aromatic heterocycles. The second-order valence-electron chi connectivity index (χ2n) is 6.55. The van der Waals surface area contributed by atoms with Gasteiger partial charge in [0, 0.05) is 11.1 Å². The van der Waals surface area contributed by atoms with Gasteiger partial charge in [-0.15, -0.1) is 0 Å². The minimum atomic E-state index is -1.23. The summed E-state index contributed by atoms with van der Waals surface area (Å²) in [6.45, 7) is 0.843. The van der Waals surface area contributed by atoms with Crippen LogP contribution in [0.5, 0.6) is 0 Å². The van der Waals surface area contributed by atoms with Crippen molar-refractivity contribution in [2.24, 2.45) is 0 Å². The van der Waals surface area contributed by atoms with Gasteiger partial charge in [0.25, 0.3) is 0 Å². The predicted octanol–water partition coefficient (Wildman–Crippen LogP) is 3.70. The summed E-state index contributed by atoms with van der Waals surface area (Å²) in [6.07, 6.45) is 1.75. The lowest BCUT2D eigenvalue weighted by molar-refractivity contribution is 0.0653. The summed E-state index contributed by atoms with van der Waals surface area (Å²) in [4.78, 5) is 2.07. The van der Waals surface area contributed by atoms with Gasteiger partial charge in [0.05, 0.1) is 0 Å². The Morgan fingerprint density at radius 2 is 1.80 bits per heavy atom. The first-order chi connectivity index (χ1) is 11.9. The third-order valence-electron chi connectivity index (χ3n) is 4.36. The fourth-order valence-electron chi connectivity index (χ4n) is 3.10. The Kier molecular flexibility index (Phi) is 7.14. The van der Waals surface area contributed by atoms with E-state index >= 15 is 0 Å². The van der Waals surface area contributed by atoms with Crippen molar-refractivity contribution in [2.45, 2.75) is 24.9 Å². The van der Waals surface area contributed by atoms with Crippen molar-refractivity contribution in [1.29, 1.82) is 0 Å². The van der Waals surface area contributed by atoms with Crippen molar-refractivity contribution in [1.82, 2.24) is 4.90 Å². The molecule has 2 aromatic carbocycles. The highest BCUT2D eigenvalue weighted by molar-refractivity contribution is 9.10. The lowest BCUT2D eigenvalue weighted by Crippen LogP contribution is -2.30. The van der Waals surface area contributed by atoms with Crippen molar-refractivity contribution < 1.29 is 14.6 Å². The van der Waals surface area contributed by atoms with E-state index < -0.39 is 5.60 Å². The molecule has 1 unspecified atom stereocenters. The number of halogens is 2. The van der Waals surface area contributed by atoms with Crippen LogP contribution in [0.15, 0.2) is 46.9 Å². The zero-order chi connectivity index (χ0) is 18.4. The number of aliphatic hydroxyl groups excluding tert-OH is 1. The number of hydrogen-bond acceptors (Lipinski definition) is 3. The Balaban J connectivity index is 2.48. The molecular weight excluding hydrogens is 385 g/mol. The minimum absolute atomic E-state index is 0.000644. The van der Waals surface area contributed by atoms with Crippen molar-refractivity contribution in [3.8, 4) is 0 Å². The highest BCUT2D eigenvalue weighted by Gasteiger charge is 2.33. The molecular formula is C20H25BrFNO2. The van der Waals surface area contributed by atoms with Crippen LogP contribution < -0.4 is 0 Å². The third kappa shape index (κ3) is 5.11. The molecule has 0 amide bonds. The third-order valence-corrected chi connectivity index (χ3v) is 4.85. The standard InChI is InChI=1S/C20H25BrFNO2/c1-23(2)12-3-11-20(25,16-4-7-18(22)8-5-16)19-9-6-17(21)14-15(19)10-13-24/h4-9,14,24-25H,3,10-13H2,1-2H3. The maximum absolute atomic E-state index is 13.4. The van der Waals surface area contributed by atoms with Gasteiger partial charge < -0.3 is 15.1 Å². The highest BCUT2D eigenvalue weighted by atomic mass is 79.9. The average Bonchev–Trinajstić information content (AvgIpc) is 2.55. The SMILES string of the molecule is CN(C)CCCC(O)(c1ccc(F)cc1)c1ccc(Br)cc1CCO. The Labute approximate surface area is 157 Å². The summed E-state index contributed by atoms with van der Waals surface area (Å²) in [5, 5.41) is 21.0.